The van der Waals surface area contributed by atoms with E-state index >= 15 is 0 Å². The van der Waals surface area contributed by atoms with Crippen LogP contribution in [0.25, 0.3) is 17.2 Å². The van der Waals surface area contributed by atoms with Gasteiger partial charge in [-0.2, -0.15) is 0 Å². The van der Waals surface area contributed by atoms with Gasteiger partial charge in [-0.15, -0.1) is 26.3 Å². The summed E-state index contributed by atoms with van der Waals surface area (Å²) < 4.78 is 87.4. The third-order valence-corrected chi connectivity index (χ3v) is 4.13. The molecular weight excluding hydrogens is 470 g/mol. The molecule has 0 heterocycles. The van der Waals surface area contributed by atoms with Crippen molar-refractivity contribution in [1.29, 1.82) is 0 Å². The zero-order chi connectivity index (χ0) is 24.9. The van der Waals surface area contributed by atoms with Crippen LogP contribution in [0, 0.1) is 0 Å². The van der Waals surface area contributed by atoms with Gasteiger partial charge in [-0.3, -0.25) is 0 Å². The van der Waals surface area contributed by atoms with Crippen LogP contribution in [0.2, 0.25) is 0 Å². The number of carbonyl (C=O) groups is 1. The molecule has 1 N–H and O–H groups in total. The van der Waals surface area contributed by atoms with Crippen molar-refractivity contribution in [3.63, 3.8) is 0 Å². The first-order valence-electron chi connectivity index (χ1n) is 9.33. The fourth-order valence-corrected chi connectivity index (χ4v) is 2.79. The Labute approximate surface area is 188 Å². The molecule has 3 aromatic rings. The van der Waals surface area contributed by atoms with E-state index in [-0.39, 0.29) is 11.5 Å². The number of carboxylic acid groups (broad SMARTS) is 1. The lowest BCUT2D eigenvalue weighted by Crippen LogP contribution is -2.16. The maximum atomic E-state index is 12.4. The van der Waals surface area contributed by atoms with Gasteiger partial charge in [0.1, 0.15) is 23.0 Å². The molecule has 0 fully saturated rings. The summed E-state index contributed by atoms with van der Waals surface area (Å²) in [6, 6.07) is 14.2. The zero-order valence-corrected chi connectivity index (χ0v) is 16.9. The minimum atomic E-state index is -4.85. The van der Waals surface area contributed by atoms with Crippen LogP contribution in [0.1, 0.15) is 5.56 Å². The number of rotatable bonds is 7. The summed E-state index contributed by atoms with van der Waals surface area (Å²) in [6.45, 7) is 0. The van der Waals surface area contributed by atoms with Crippen molar-refractivity contribution >= 4 is 12.0 Å². The molecule has 0 spiro atoms. The van der Waals surface area contributed by atoms with Gasteiger partial charge in [0.05, 0.1) is 0 Å². The normalized spacial score (nSPS) is 11.9. The van der Waals surface area contributed by atoms with E-state index in [1.54, 1.807) is 6.07 Å². The van der Waals surface area contributed by atoms with Gasteiger partial charge in [0.15, 0.2) is 0 Å². The van der Waals surface area contributed by atoms with Crippen molar-refractivity contribution in [2.75, 3.05) is 0 Å². The SMILES string of the molecule is O=C(O)/C=C/c1ccc(-c2ccc(OC(F)(F)F)cc2)cc1Oc1ccc(OC(F)(F)F)cc1. The molecule has 3 aromatic carbocycles. The van der Waals surface area contributed by atoms with Crippen LogP contribution in [0.5, 0.6) is 23.0 Å². The smallest absolute Gasteiger partial charge is 0.478 e. The first kappa shape index (κ1) is 24.5. The highest BCUT2D eigenvalue weighted by Crippen LogP contribution is 2.34. The van der Waals surface area contributed by atoms with Crippen LogP contribution in [0.3, 0.4) is 0 Å². The van der Waals surface area contributed by atoms with E-state index < -0.39 is 30.2 Å². The average Bonchev–Trinajstić information content (AvgIpc) is 2.72. The molecule has 0 unspecified atom stereocenters. The summed E-state index contributed by atoms with van der Waals surface area (Å²) in [5, 5.41) is 8.89. The van der Waals surface area contributed by atoms with Crippen molar-refractivity contribution < 1.29 is 50.5 Å². The second-order valence-electron chi connectivity index (χ2n) is 6.62. The molecule has 5 nitrogen and oxygen atoms in total. The standard InChI is InChI=1S/C23H14F6O5/c24-22(25,26)33-18-6-3-14(4-7-18)16-2-1-15(5-12-21(30)31)20(13-16)32-17-8-10-19(11-9-17)34-23(27,28)29/h1-13H,(H,30,31)/b12-5+. The molecule has 0 saturated heterocycles. The lowest BCUT2D eigenvalue weighted by molar-refractivity contribution is -0.275. The Balaban J connectivity index is 1.89. The third-order valence-electron chi connectivity index (χ3n) is 4.13. The largest absolute Gasteiger partial charge is 0.573 e. The number of carboxylic acids is 1. The number of alkyl halides is 6. The molecule has 178 valence electrons. The van der Waals surface area contributed by atoms with Gasteiger partial charge in [0.25, 0.3) is 0 Å². The Morgan fingerprint density at radius 1 is 0.706 bits per heavy atom. The minimum Gasteiger partial charge on any atom is -0.478 e. The van der Waals surface area contributed by atoms with Crippen molar-refractivity contribution in [2.45, 2.75) is 12.7 Å². The van der Waals surface area contributed by atoms with E-state index in [0.717, 1.165) is 30.3 Å². The van der Waals surface area contributed by atoms with Crippen LogP contribution in [0.15, 0.2) is 72.8 Å². The summed E-state index contributed by atoms with van der Waals surface area (Å²) in [6.07, 6.45) is -7.57. The Morgan fingerprint density at radius 2 is 1.18 bits per heavy atom. The molecule has 0 radical (unpaired) electrons. The number of hydrogen-bond donors (Lipinski definition) is 1. The van der Waals surface area contributed by atoms with Gasteiger partial charge < -0.3 is 19.3 Å². The molecule has 0 atom stereocenters. The summed E-state index contributed by atoms with van der Waals surface area (Å²) in [5.74, 6) is -1.81. The number of benzene rings is 3. The second-order valence-corrected chi connectivity index (χ2v) is 6.62. The third kappa shape index (κ3) is 7.47. The predicted octanol–water partition coefficient (Wildman–Crippen LogP) is 7.04. The van der Waals surface area contributed by atoms with Gasteiger partial charge >= 0.3 is 18.7 Å². The molecule has 0 amide bonds. The molecule has 0 bridgehead atoms. The fourth-order valence-electron chi connectivity index (χ4n) is 2.79. The van der Waals surface area contributed by atoms with Crippen LogP contribution < -0.4 is 14.2 Å². The predicted molar refractivity (Wildman–Crippen MR) is 108 cm³/mol. The molecule has 0 saturated carbocycles. The van der Waals surface area contributed by atoms with Gasteiger partial charge in [0, 0.05) is 11.6 Å². The highest BCUT2D eigenvalue weighted by Gasteiger charge is 2.31. The van der Waals surface area contributed by atoms with Crippen molar-refractivity contribution in [3.8, 4) is 34.1 Å². The summed E-state index contributed by atoms with van der Waals surface area (Å²) in [7, 11) is 0. The van der Waals surface area contributed by atoms with Gasteiger partial charge in [0.2, 0.25) is 0 Å². The van der Waals surface area contributed by atoms with Gasteiger partial charge in [-0.25, -0.2) is 4.79 Å². The van der Waals surface area contributed by atoms with Crippen molar-refractivity contribution in [2.24, 2.45) is 0 Å². The first-order chi connectivity index (χ1) is 15.9. The monoisotopic (exact) mass is 484 g/mol. The lowest BCUT2D eigenvalue weighted by Gasteiger charge is -2.13. The number of aliphatic carboxylic acids is 1. The number of ether oxygens (including phenoxy) is 3. The van der Waals surface area contributed by atoms with E-state index in [1.807, 2.05) is 0 Å². The van der Waals surface area contributed by atoms with E-state index in [0.29, 0.717) is 16.7 Å². The lowest BCUT2D eigenvalue weighted by atomic mass is 10.0. The van der Waals surface area contributed by atoms with Crippen molar-refractivity contribution in [3.05, 3.63) is 78.4 Å². The van der Waals surface area contributed by atoms with E-state index in [2.05, 4.69) is 9.47 Å². The van der Waals surface area contributed by atoms with E-state index in [9.17, 15) is 31.1 Å². The fraction of sp³-hybridized carbons (Fsp3) is 0.0870. The summed E-state index contributed by atoms with van der Waals surface area (Å²) in [5.41, 5.74) is 1.35. The second kappa shape index (κ2) is 9.77. The van der Waals surface area contributed by atoms with Crippen LogP contribution >= 0.6 is 0 Å². The highest BCUT2D eigenvalue weighted by molar-refractivity contribution is 5.86. The molecule has 11 heteroatoms. The molecule has 0 aromatic heterocycles. The van der Waals surface area contributed by atoms with Gasteiger partial charge in [-0.05, 0) is 59.7 Å². The quantitative estimate of drug-likeness (QED) is 0.288. The Morgan fingerprint density at radius 3 is 1.68 bits per heavy atom. The first-order valence-corrected chi connectivity index (χ1v) is 9.33. The maximum Gasteiger partial charge on any atom is 0.573 e. The Kier molecular flexibility index (Phi) is 7.04. The summed E-state index contributed by atoms with van der Waals surface area (Å²) in [4.78, 5) is 10.9. The Bertz CT molecular complexity index is 1170. The zero-order valence-electron chi connectivity index (χ0n) is 16.9. The average molecular weight is 484 g/mol. The highest BCUT2D eigenvalue weighted by atomic mass is 19.4. The van der Waals surface area contributed by atoms with Crippen LogP contribution in [-0.4, -0.2) is 23.8 Å². The minimum absolute atomic E-state index is 0.130. The van der Waals surface area contributed by atoms with Crippen LogP contribution in [-0.2, 0) is 4.79 Å². The van der Waals surface area contributed by atoms with Crippen molar-refractivity contribution in [1.82, 2.24) is 0 Å². The number of halogens is 6. The topological polar surface area (TPSA) is 65.0 Å². The summed E-state index contributed by atoms with van der Waals surface area (Å²) >= 11 is 0. The molecular formula is C23H14F6O5. The molecule has 0 aliphatic heterocycles. The van der Waals surface area contributed by atoms with E-state index in [4.69, 9.17) is 9.84 Å². The molecule has 0 aliphatic carbocycles. The van der Waals surface area contributed by atoms with Gasteiger partial charge in [-0.1, -0.05) is 24.3 Å². The van der Waals surface area contributed by atoms with Crippen LogP contribution in [0.4, 0.5) is 26.3 Å². The maximum absolute atomic E-state index is 12.4. The molecule has 0 aliphatic rings. The Hall–Kier alpha value is -4.15. The molecule has 34 heavy (non-hydrogen) atoms. The van der Waals surface area contributed by atoms with E-state index in [1.165, 1.54) is 42.5 Å². The molecule has 3 rings (SSSR count). The number of hydrogen-bond acceptors (Lipinski definition) is 4.